The number of carbonyl (C=O) groups is 2. The Balaban J connectivity index is -0.000000143. The van der Waals surface area contributed by atoms with E-state index in [1.807, 2.05) is 0 Å². The number of carbonyl (C=O) groups excluding carboxylic acids is 2. The summed E-state index contributed by atoms with van der Waals surface area (Å²) in [6.45, 7) is 3.60. The van der Waals surface area contributed by atoms with Crippen LogP contribution in [0.15, 0.2) is 0 Å². The van der Waals surface area contributed by atoms with Gasteiger partial charge in [0, 0.05) is 11.9 Å². The average Bonchev–Trinajstić information content (AvgIpc) is 1.87. The van der Waals surface area contributed by atoms with Crippen molar-refractivity contribution in [2.75, 3.05) is 0 Å². The third kappa shape index (κ3) is 34.4. The molecule has 0 spiro atoms. The molecule has 0 aromatic heterocycles. The van der Waals surface area contributed by atoms with Gasteiger partial charge < -0.3 is 19.8 Å². The molecular weight excluding hydrogens is 215 g/mol. The topological polar surface area (TPSA) is 80.3 Å². The molecule has 77 valence electrons. The van der Waals surface area contributed by atoms with Crippen molar-refractivity contribution in [3.05, 3.63) is 0 Å². The number of rotatable bonds is 4. The Labute approximate surface area is 88.8 Å². The molecule has 0 fully saturated rings. The van der Waals surface area contributed by atoms with Gasteiger partial charge in [0.2, 0.25) is 0 Å². The van der Waals surface area contributed by atoms with Crippen LogP contribution in [0.2, 0.25) is 0 Å². The Hall–Kier alpha value is -0.541. The minimum Gasteiger partial charge on any atom is -0.550 e. The monoisotopic (exact) mass is 229 g/mol. The molecule has 0 atom stereocenters. The Morgan fingerprint density at radius 2 is 1.15 bits per heavy atom. The van der Waals surface area contributed by atoms with Crippen LogP contribution in [0.25, 0.3) is 0 Å². The predicted molar refractivity (Wildman–Crippen MR) is 39.8 cm³/mol. The second-order valence-corrected chi connectivity index (χ2v) is 2.24. The van der Waals surface area contributed by atoms with E-state index in [1.165, 1.54) is 0 Å². The maximum Gasteiger partial charge on any atom is 2.00 e. The molecular formula is C8H14MnO4. The second kappa shape index (κ2) is 14.0. The first-order chi connectivity index (χ1) is 5.54. The van der Waals surface area contributed by atoms with Gasteiger partial charge in [0.25, 0.3) is 0 Å². The summed E-state index contributed by atoms with van der Waals surface area (Å²) in [5, 5.41) is 19.0. The van der Waals surface area contributed by atoms with E-state index in [9.17, 15) is 19.8 Å². The fourth-order valence-corrected chi connectivity index (χ4v) is 0.408. The Morgan fingerprint density at radius 1 is 0.923 bits per heavy atom. The molecule has 4 nitrogen and oxygen atoms in total. The SMILES string of the molecule is CCCC(=O)[O-].CCCC(=O)[O-].[Mn+2]. The van der Waals surface area contributed by atoms with Crippen LogP contribution >= 0.6 is 0 Å². The fourth-order valence-electron chi connectivity index (χ4n) is 0.408. The van der Waals surface area contributed by atoms with Crippen molar-refractivity contribution < 1.29 is 36.9 Å². The van der Waals surface area contributed by atoms with Crippen molar-refractivity contribution in [1.82, 2.24) is 0 Å². The molecule has 0 aliphatic carbocycles. The molecule has 0 rings (SSSR count). The van der Waals surface area contributed by atoms with Gasteiger partial charge >= 0.3 is 17.1 Å². The number of hydrogen-bond donors (Lipinski definition) is 0. The zero-order valence-corrected chi connectivity index (χ0v) is 9.02. The van der Waals surface area contributed by atoms with Crippen LogP contribution in [0.5, 0.6) is 0 Å². The standard InChI is InChI=1S/2C4H8O2.Mn/c2*1-2-3-4(5)6;/h2*2-3H2,1H3,(H,5,6);/q;;+2/p-2. The summed E-state index contributed by atoms with van der Waals surface area (Å²) in [5.74, 6) is -1.92. The van der Waals surface area contributed by atoms with E-state index in [1.54, 1.807) is 13.8 Å². The minimum atomic E-state index is -0.961. The normalized spacial score (nSPS) is 7.54. The maximum absolute atomic E-state index is 9.49. The van der Waals surface area contributed by atoms with Gasteiger partial charge in [0.1, 0.15) is 0 Å². The van der Waals surface area contributed by atoms with Crippen LogP contribution < -0.4 is 10.2 Å². The molecule has 0 bridgehead atoms. The van der Waals surface area contributed by atoms with Gasteiger partial charge in [-0.05, 0) is 12.8 Å². The molecule has 0 aliphatic rings. The summed E-state index contributed by atoms with van der Waals surface area (Å²) >= 11 is 0. The van der Waals surface area contributed by atoms with E-state index in [0.717, 1.165) is 0 Å². The summed E-state index contributed by atoms with van der Waals surface area (Å²) in [7, 11) is 0. The molecule has 0 saturated heterocycles. The molecule has 0 aromatic rings. The average molecular weight is 229 g/mol. The summed E-state index contributed by atoms with van der Waals surface area (Å²) in [5.41, 5.74) is 0. The van der Waals surface area contributed by atoms with E-state index in [2.05, 4.69) is 0 Å². The molecule has 0 heterocycles. The van der Waals surface area contributed by atoms with Gasteiger partial charge in [0.05, 0.1) is 0 Å². The maximum atomic E-state index is 9.49. The molecule has 0 N–H and O–H groups in total. The molecule has 1 radical (unpaired) electrons. The van der Waals surface area contributed by atoms with Crippen LogP contribution in [-0.4, -0.2) is 11.9 Å². The van der Waals surface area contributed by atoms with Crippen molar-refractivity contribution in [3.8, 4) is 0 Å². The molecule has 13 heavy (non-hydrogen) atoms. The van der Waals surface area contributed by atoms with Crippen molar-refractivity contribution in [2.45, 2.75) is 39.5 Å². The van der Waals surface area contributed by atoms with Gasteiger partial charge in [0.15, 0.2) is 0 Å². The van der Waals surface area contributed by atoms with Gasteiger partial charge in [-0.3, -0.25) is 0 Å². The van der Waals surface area contributed by atoms with Crippen molar-refractivity contribution >= 4 is 11.9 Å². The minimum absolute atomic E-state index is 0. The van der Waals surface area contributed by atoms with Gasteiger partial charge in [-0.15, -0.1) is 0 Å². The first-order valence-corrected chi connectivity index (χ1v) is 3.94. The Morgan fingerprint density at radius 3 is 1.15 bits per heavy atom. The predicted octanol–water partition coefficient (Wildman–Crippen LogP) is -0.930. The van der Waals surface area contributed by atoms with Gasteiger partial charge in [-0.1, -0.05) is 26.7 Å². The molecule has 5 heteroatoms. The quantitative estimate of drug-likeness (QED) is 0.583. The van der Waals surface area contributed by atoms with E-state index in [-0.39, 0.29) is 29.9 Å². The Kier molecular flexibility index (Phi) is 19.7. The summed E-state index contributed by atoms with van der Waals surface area (Å²) in [6.07, 6.45) is 1.70. The molecule has 0 saturated carbocycles. The number of hydrogen-bond acceptors (Lipinski definition) is 4. The smallest absolute Gasteiger partial charge is 0.550 e. The van der Waals surface area contributed by atoms with Crippen LogP contribution in [0.1, 0.15) is 39.5 Å². The van der Waals surface area contributed by atoms with Gasteiger partial charge in [-0.25, -0.2) is 0 Å². The summed E-state index contributed by atoms with van der Waals surface area (Å²) in [4.78, 5) is 19.0. The van der Waals surface area contributed by atoms with E-state index in [0.29, 0.717) is 12.8 Å². The number of carboxylic acids is 2. The van der Waals surface area contributed by atoms with Gasteiger partial charge in [-0.2, -0.15) is 0 Å². The van der Waals surface area contributed by atoms with Crippen LogP contribution in [-0.2, 0) is 26.7 Å². The van der Waals surface area contributed by atoms with Crippen LogP contribution in [0.4, 0.5) is 0 Å². The van der Waals surface area contributed by atoms with Crippen LogP contribution in [0.3, 0.4) is 0 Å². The van der Waals surface area contributed by atoms with Crippen molar-refractivity contribution in [1.29, 1.82) is 0 Å². The summed E-state index contributed by atoms with van der Waals surface area (Å²) < 4.78 is 0. The molecule has 0 aliphatic heterocycles. The van der Waals surface area contributed by atoms with E-state index < -0.39 is 11.9 Å². The van der Waals surface area contributed by atoms with Crippen molar-refractivity contribution in [3.63, 3.8) is 0 Å². The first kappa shape index (κ1) is 18.3. The third-order valence-corrected chi connectivity index (χ3v) is 0.908. The molecule has 0 amide bonds. The second-order valence-electron chi connectivity index (χ2n) is 2.24. The Bertz CT molecular complexity index is 120. The number of aliphatic carboxylic acids is 2. The summed E-state index contributed by atoms with van der Waals surface area (Å²) in [6, 6.07) is 0. The third-order valence-electron chi connectivity index (χ3n) is 0.908. The molecule has 0 unspecified atom stereocenters. The van der Waals surface area contributed by atoms with E-state index in [4.69, 9.17) is 0 Å². The molecule has 0 aromatic carbocycles. The first-order valence-electron chi connectivity index (χ1n) is 3.94. The number of carboxylic acid groups (broad SMARTS) is 2. The zero-order chi connectivity index (χ0) is 9.98. The zero-order valence-electron chi connectivity index (χ0n) is 7.84. The van der Waals surface area contributed by atoms with Crippen molar-refractivity contribution in [2.24, 2.45) is 0 Å². The largest absolute Gasteiger partial charge is 2.00 e. The van der Waals surface area contributed by atoms with Crippen LogP contribution in [0, 0.1) is 0 Å². The van der Waals surface area contributed by atoms with E-state index >= 15 is 0 Å². The fraction of sp³-hybridized carbons (Fsp3) is 0.750.